The fourth-order valence-electron chi connectivity index (χ4n) is 3.13. The van der Waals surface area contributed by atoms with Crippen LogP contribution in [0.5, 0.6) is 11.5 Å². The van der Waals surface area contributed by atoms with Crippen LogP contribution in [0, 0.1) is 11.3 Å². The molecular weight excluding hydrogens is 398 g/mol. The van der Waals surface area contributed by atoms with Gasteiger partial charge >= 0.3 is 0 Å². The SMILES string of the molecule is CCOC.COc1ccc(CNc2[nH]c(C=O)cc(=O)c2C(=N)C2CCC2)c(OC)c1. The highest BCUT2D eigenvalue weighted by Crippen LogP contribution is 2.31. The lowest BCUT2D eigenvalue weighted by atomic mass is 9.79. The molecule has 1 aromatic heterocycles. The summed E-state index contributed by atoms with van der Waals surface area (Å²) in [4.78, 5) is 26.6. The van der Waals surface area contributed by atoms with Crippen LogP contribution >= 0.6 is 0 Å². The molecule has 1 heterocycles. The lowest BCUT2D eigenvalue weighted by Crippen LogP contribution is -2.29. The number of ether oxygens (including phenoxy) is 3. The van der Waals surface area contributed by atoms with Gasteiger partial charge < -0.3 is 29.9 Å². The van der Waals surface area contributed by atoms with E-state index in [9.17, 15) is 9.59 Å². The highest BCUT2D eigenvalue weighted by atomic mass is 16.5. The average molecular weight is 430 g/mol. The van der Waals surface area contributed by atoms with E-state index in [2.05, 4.69) is 15.0 Å². The van der Waals surface area contributed by atoms with Gasteiger partial charge in [-0.1, -0.05) is 6.42 Å². The Morgan fingerprint density at radius 2 is 1.94 bits per heavy atom. The van der Waals surface area contributed by atoms with Gasteiger partial charge in [-0.25, -0.2) is 0 Å². The first-order valence-corrected chi connectivity index (χ1v) is 10.2. The van der Waals surface area contributed by atoms with E-state index >= 15 is 0 Å². The number of aromatic nitrogens is 1. The van der Waals surface area contributed by atoms with Gasteiger partial charge in [-0.2, -0.15) is 0 Å². The zero-order chi connectivity index (χ0) is 22.8. The molecule has 1 saturated carbocycles. The number of anilines is 1. The summed E-state index contributed by atoms with van der Waals surface area (Å²) in [5, 5.41) is 11.6. The number of rotatable bonds is 9. The molecule has 8 heteroatoms. The molecule has 0 unspecified atom stereocenters. The molecule has 1 aromatic carbocycles. The van der Waals surface area contributed by atoms with Gasteiger partial charge in [-0.3, -0.25) is 9.59 Å². The molecular formula is C23H31N3O5. The number of aldehydes is 1. The maximum Gasteiger partial charge on any atom is 0.193 e. The number of methoxy groups -OCH3 is 3. The van der Waals surface area contributed by atoms with Crippen LogP contribution in [0.2, 0.25) is 0 Å². The minimum absolute atomic E-state index is 0.101. The Hall–Kier alpha value is -3.13. The van der Waals surface area contributed by atoms with Crippen molar-refractivity contribution < 1.29 is 19.0 Å². The Bertz CT molecular complexity index is 949. The van der Waals surface area contributed by atoms with Crippen LogP contribution in [0.4, 0.5) is 5.82 Å². The van der Waals surface area contributed by atoms with Crippen LogP contribution in [0.1, 0.15) is 47.8 Å². The third kappa shape index (κ3) is 6.18. The van der Waals surface area contributed by atoms with Crippen molar-refractivity contribution in [3.05, 3.63) is 51.3 Å². The quantitative estimate of drug-likeness (QED) is 0.414. The Labute approximate surface area is 182 Å². The average Bonchev–Trinajstić information content (AvgIpc) is 2.75. The van der Waals surface area contributed by atoms with E-state index in [-0.39, 0.29) is 17.0 Å². The number of hydrogen-bond acceptors (Lipinski definition) is 7. The van der Waals surface area contributed by atoms with Gasteiger partial charge in [0.15, 0.2) is 11.7 Å². The molecule has 1 aliphatic rings. The lowest BCUT2D eigenvalue weighted by molar-refractivity contribution is 0.111. The summed E-state index contributed by atoms with van der Waals surface area (Å²) in [5.74, 6) is 1.81. The maximum atomic E-state index is 12.5. The topological polar surface area (TPSA) is 114 Å². The van der Waals surface area contributed by atoms with Gasteiger partial charge in [0.05, 0.1) is 25.5 Å². The van der Waals surface area contributed by atoms with E-state index in [1.165, 1.54) is 6.07 Å². The summed E-state index contributed by atoms with van der Waals surface area (Å²) < 4.78 is 15.1. The van der Waals surface area contributed by atoms with Crippen LogP contribution in [-0.4, -0.2) is 44.9 Å². The smallest absolute Gasteiger partial charge is 0.193 e. The van der Waals surface area contributed by atoms with E-state index in [1.54, 1.807) is 27.4 Å². The minimum Gasteiger partial charge on any atom is -0.497 e. The predicted molar refractivity (Wildman–Crippen MR) is 121 cm³/mol. The van der Waals surface area contributed by atoms with Crippen molar-refractivity contribution in [2.45, 2.75) is 32.7 Å². The second-order valence-electron chi connectivity index (χ2n) is 7.11. The Morgan fingerprint density at radius 1 is 1.23 bits per heavy atom. The van der Waals surface area contributed by atoms with Crippen molar-refractivity contribution >= 4 is 17.8 Å². The van der Waals surface area contributed by atoms with Gasteiger partial charge in [0.1, 0.15) is 17.3 Å². The zero-order valence-corrected chi connectivity index (χ0v) is 18.5. The van der Waals surface area contributed by atoms with Gasteiger partial charge in [0.25, 0.3) is 0 Å². The highest BCUT2D eigenvalue weighted by molar-refractivity contribution is 6.04. The Morgan fingerprint density at radius 3 is 2.45 bits per heavy atom. The van der Waals surface area contributed by atoms with Crippen LogP contribution < -0.4 is 20.2 Å². The molecule has 0 spiro atoms. The number of aromatic amines is 1. The fraction of sp³-hybridized carbons (Fsp3) is 0.435. The molecule has 8 nitrogen and oxygen atoms in total. The maximum absolute atomic E-state index is 12.5. The number of pyridine rings is 1. The third-order valence-electron chi connectivity index (χ3n) is 5.20. The monoisotopic (exact) mass is 429 g/mol. The fourth-order valence-corrected chi connectivity index (χ4v) is 3.13. The number of benzene rings is 1. The molecule has 0 aliphatic heterocycles. The first-order valence-electron chi connectivity index (χ1n) is 10.2. The number of carbonyl (C=O) groups is 1. The van der Waals surface area contributed by atoms with Crippen molar-refractivity contribution in [3.63, 3.8) is 0 Å². The minimum atomic E-state index is -0.322. The summed E-state index contributed by atoms with van der Waals surface area (Å²) in [6, 6.07) is 6.71. The summed E-state index contributed by atoms with van der Waals surface area (Å²) in [6.07, 6.45) is 3.50. The summed E-state index contributed by atoms with van der Waals surface area (Å²) in [6.45, 7) is 3.14. The predicted octanol–water partition coefficient (Wildman–Crippen LogP) is 3.64. The summed E-state index contributed by atoms with van der Waals surface area (Å²) >= 11 is 0. The van der Waals surface area contributed by atoms with E-state index in [4.69, 9.17) is 14.9 Å². The third-order valence-corrected chi connectivity index (χ3v) is 5.20. The van der Waals surface area contributed by atoms with E-state index in [1.807, 2.05) is 19.1 Å². The zero-order valence-electron chi connectivity index (χ0n) is 18.5. The van der Waals surface area contributed by atoms with Gasteiger partial charge in [0, 0.05) is 49.6 Å². The van der Waals surface area contributed by atoms with E-state index < -0.39 is 0 Å². The molecule has 3 rings (SSSR count). The number of H-pyrrole nitrogens is 1. The van der Waals surface area contributed by atoms with Crippen LogP contribution in [0.25, 0.3) is 0 Å². The molecule has 1 fully saturated rings. The number of carbonyl (C=O) groups excluding carboxylic acids is 1. The second kappa shape index (κ2) is 11.9. The van der Waals surface area contributed by atoms with E-state index in [0.29, 0.717) is 41.4 Å². The van der Waals surface area contributed by atoms with Crippen LogP contribution in [0.15, 0.2) is 29.1 Å². The molecule has 0 saturated heterocycles. The molecule has 0 amide bonds. The Kier molecular flexibility index (Phi) is 9.27. The van der Waals surface area contributed by atoms with Gasteiger partial charge in [-0.15, -0.1) is 0 Å². The highest BCUT2D eigenvalue weighted by Gasteiger charge is 2.27. The largest absolute Gasteiger partial charge is 0.497 e. The lowest BCUT2D eigenvalue weighted by Gasteiger charge is -2.27. The van der Waals surface area contributed by atoms with Crippen molar-refractivity contribution in [3.8, 4) is 11.5 Å². The molecule has 31 heavy (non-hydrogen) atoms. The normalized spacial score (nSPS) is 12.8. The first-order chi connectivity index (χ1) is 15.0. The second-order valence-corrected chi connectivity index (χ2v) is 7.11. The summed E-state index contributed by atoms with van der Waals surface area (Å²) in [7, 11) is 4.84. The van der Waals surface area contributed by atoms with Crippen molar-refractivity contribution in [2.24, 2.45) is 5.92 Å². The molecule has 0 atom stereocenters. The van der Waals surface area contributed by atoms with Gasteiger partial charge in [-0.05, 0) is 31.9 Å². The molecule has 2 aromatic rings. The van der Waals surface area contributed by atoms with Crippen molar-refractivity contribution in [1.82, 2.24) is 4.98 Å². The van der Waals surface area contributed by atoms with Crippen LogP contribution in [0.3, 0.4) is 0 Å². The number of hydrogen-bond donors (Lipinski definition) is 3. The molecule has 0 bridgehead atoms. The summed E-state index contributed by atoms with van der Waals surface area (Å²) in [5.41, 5.74) is 1.34. The van der Waals surface area contributed by atoms with E-state index in [0.717, 1.165) is 31.4 Å². The Balaban J connectivity index is 0.000000785. The molecule has 168 valence electrons. The molecule has 1 aliphatic carbocycles. The molecule has 0 radical (unpaired) electrons. The standard InChI is InChI=1S/C20H23N3O4.C3H8O/c1-26-15-7-6-13(17(9-15)27-2)10-22-20-18(19(21)12-4-3-5-12)16(25)8-14(11-24)23-20;1-3-4-2/h6-9,11-12,21H,3-5,10H2,1-2H3,(H2,22,23,25);3H2,1-2H3. The van der Waals surface area contributed by atoms with Gasteiger partial charge in [0.2, 0.25) is 0 Å². The van der Waals surface area contributed by atoms with Crippen molar-refractivity contribution in [1.29, 1.82) is 5.41 Å². The van der Waals surface area contributed by atoms with Crippen LogP contribution in [-0.2, 0) is 11.3 Å². The number of nitrogens with one attached hydrogen (secondary N) is 3. The van der Waals surface area contributed by atoms with Crippen molar-refractivity contribution in [2.75, 3.05) is 33.3 Å². The first kappa shape index (κ1) is 24.1. The molecule has 3 N–H and O–H groups in total.